The standard InChI is InChI=1S/C13H24ClN3/c1-5-9-17-12(15-10-16-17)8-6-7-11(14)13(2,3)4/h10-11H,5-9H2,1-4H3. The number of aromatic nitrogens is 3. The molecule has 0 saturated carbocycles. The van der Waals surface area contributed by atoms with Gasteiger partial charge in [-0.05, 0) is 24.7 Å². The van der Waals surface area contributed by atoms with Gasteiger partial charge in [0.1, 0.15) is 12.2 Å². The summed E-state index contributed by atoms with van der Waals surface area (Å²) < 4.78 is 2.00. The van der Waals surface area contributed by atoms with Crippen LogP contribution in [-0.4, -0.2) is 20.1 Å². The molecule has 98 valence electrons. The molecule has 1 rings (SSSR count). The fourth-order valence-corrected chi connectivity index (χ4v) is 1.91. The second-order valence-corrected chi connectivity index (χ2v) is 6.15. The first-order valence-electron chi connectivity index (χ1n) is 6.46. The quantitative estimate of drug-likeness (QED) is 0.728. The van der Waals surface area contributed by atoms with Gasteiger partial charge in [-0.2, -0.15) is 5.10 Å². The van der Waals surface area contributed by atoms with Crippen LogP contribution in [0.1, 0.15) is 52.8 Å². The topological polar surface area (TPSA) is 30.7 Å². The lowest BCUT2D eigenvalue weighted by Crippen LogP contribution is -2.20. The first-order chi connectivity index (χ1) is 7.95. The predicted octanol–water partition coefficient (Wildman–Crippen LogP) is 3.66. The average Bonchev–Trinajstić information content (AvgIpc) is 2.65. The van der Waals surface area contributed by atoms with Crippen LogP contribution in [0.15, 0.2) is 6.33 Å². The van der Waals surface area contributed by atoms with Gasteiger partial charge < -0.3 is 0 Å². The van der Waals surface area contributed by atoms with E-state index in [9.17, 15) is 0 Å². The Morgan fingerprint density at radius 2 is 2.12 bits per heavy atom. The van der Waals surface area contributed by atoms with Gasteiger partial charge in [-0.3, -0.25) is 4.68 Å². The van der Waals surface area contributed by atoms with Gasteiger partial charge in [0, 0.05) is 18.3 Å². The molecule has 1 aromatic heterocycles. The summed E-state index contributed by atoms with van der Waals surface area (Å²) in [7, 11) is 0. The Morgan fingerprint density at radius 1 is 1.41 bits per heavy atom. The molecule has 0 fully saturated rings. The van der Waals surface area contributed by atoms with E-state index in [1.165, 1.54) is 0 Å². The third-order valence-corrected chi connectivity index (χ3v) is 3.80. The van der Waals surface area contributed by atoms with Gasteiger partial charge in [0.2, 0.25) is 0 Å². The van der Waals surface area contributed by atoms with E-state index in [4.69, 9.17) is 11.6 Å². The van der Waals surface area contributed by atoms with Gasteiger partial charge in [-0.1, -0.05) is 27.7 Å². The minimum Gasteiger partial charge on any atom is -0.250 e. The molecule has 0 aliphatic heterocycles. The fraction of sp³-hybridized carbons (Fsp3) is 0.846. The molecule has 3 nitrogen and oxygen atoms in total. The second kappa shape index (κ2) is 6.39. The zero-order chi connectivity index (χ0) is 12.9. The third kappa shape index (κ3) is 4.66. The fourth-order valence-electron chi connectivity index (χ4n) is 1.75. The Bertz CT molecular complexity index is 328. The van der Waals surface area contributed by atoms with Crippen LogP contribution in [0.4, 0.5) is 0 Å². The van der Waals surface area contributed by atoms with Crippen LogP contribution >= 0.6 is 11.6 Å². The molecule has 0 radical (unpaired) electrons. The summed E-state index contributed by atoms with van der Waals surface area (Å²) in [5, 5.41) is 4.45. The first kappa shape index (κ1) is 14.5. The molecule has 0 amide bonds. The van der Waals surface area contributed by atoms with Crippen LogP contribution in [0.5, 0.6) is 0 Å². The maximum Gasteiger partial charge on any atom is 0.138 e. The molecule has 0 saturated heterocycles. The molecule has 1 aromatic rings. The van der Waals surface area contributed by atoms with Crippen molar-refractivity contribution in [3.8, 4) is 0 Å². The molecule has 1 heterocycles. The van der Waals surface area contributed by atoms with Gasteiger partial charge in [-0.15, -0.1) is 11.6 Å². The van der Waals surface area contributed by atoms with Crippen molar-refractivity contribution in [1.29, 1.82) is 0 Å². The lowest BCUT2D eigenvalue weighted by molar-refractivity contribution is 0.367. The molecule has 0 bridgehead atoms. The molecule has 0 aromatic carbocycles. The van der Waals surface area contributed by atoms with Crippen molar-refractivity contribution < 1.29 is 0 Å². The normalized spacial score (nSPS) is 13.9. The number of alkyl halides is 1. The molecule has 0 aliphatic rings. The lowest BCUT2D eigenvalue weighted by atomic mass is 9.89. The average molecular weight is 258 g/mol. The third-order valence-electron chi connectivity index (χ3n) is 2.93. The lowest BCUT2D eigenvalue weighted by Gasteiger charge is -2.24. The highest BCUT2D eigenvalue weighted by Crippen LogP contribution is 2.28. The number of rotatable bonds is 6. The van der Waals surface area contributed by atoms with E-state index < -0.39 is 0 Å². The minimum atomic E-state index is 0.179. The first-order valence-corrected chi connectivity index (χ1v) is 6.89. The largest absolute Gasteiger partial charge is 0.250 e. The Labute approximate surface area is 110 Å². The van der Waals surface area contributed by atoms with E-state index in [-0.39, 0.29) is 10.8 Å². The summed E-state index contributed by atoms with van der Waals surface area (Å²) >= 11 is 6.36. The van der Waals surface area contributed by atoms with E-state index >= 15 is 0 Å². The Kier molecular flexibility index (Phi) is 5.44. The van der Waals surface area contributed by atoms with Crippen molar-refractivity contribution in [1.82, 2.24) is 14.8 Å². The van der Waals surface area contributed by atoms with Gasteiger partial charge in [0.15, 0.2) is 0 Å². The van der Waals surface area contributed by atoms with E-state index in [1.54, 1.807) is 6.33 Å². The van der Waals surface area contributed by atoms with Crippen LogP contribution in [0.25, 0.3) is 0 Å². The zero-order valence-electron chi connectivity index (χ0n) is 11.4. The number of hydrogen-bond acceptors (Lipinski definition) is 2. The summed E-state index contributed by atoms with van der Waals surface area (Å²) in [5.41, 5.74) is 0.179. The van der Waals surface area contributed by atoms with E-state index in [0.29, 0.717) is 0 Å². The van der Waals surface area contributed by atoms with Crippen molar-refractivity contribution in [3.05, 3.63) is 12.2 Å². The summed E-state index contributed by atoms with van der Waals surface area (Å²) in [4.78, 5) is 4.30. The van der Waals surface area contributed by atoms with Gasteiger partial charge in [0.05, 0.1) is 0 Å². The summed E-state index contributed by atoms with van der Waals surface area (Å²) in [6, 6.07) is 0. The highest BCUT2D eigenvalue weighted by molar-refractivity contribution is 6.21. The molecule has 1 atom stereocenters. The SMILES string of the molecule is CCCn1ncnc1CCCC(Cl)C(C)(C)C. The number of hydrogen-bond donors (Lipinski definition) is 0. The minimum absolute atomic E-state index is 0.179. The summed E-state index contributed by atoms with van der Waals surface area (Å²) in [5.74, 6) is 1.09. The maximum absolute atomic E-state index is 6.36. The van der Waals surface area contributed by atoms with Crippen LogP contribution in [-0.2, 0) is 13.0 Å². The molecule has 4 heteroatoms. The van der Waals surface area contributed by atoms with Crippen LogP contribution < -0.4 is 0 Å². The van der Waals surface area contributed by atoms with Crippen molar-refractivity contribution >= 4 is 11.6 Å². The molecular weight excluding hydrogens is 234 g/mol. The maximum atomic E-state index is 6.36. The molecule has 0 N–H and O–H groups in total. The summed E-state index contributed by atoms with van der Waals surface area (Å²) in [6.07, 6.45) is 5.82. The van der Waals surface area contributed by atoms with E-state index in [0.717, 1.165) is 38.1 Å². The van der Waals surface area contributed by atoms with Gasteiger partial charge in [0.25, 0.3) is 0 Å². The van der Waals surface area contributed by atoms with Crippen LogP contribution in [0.3, 0.4) is 0 Å². The predicted molar refractivity (Wildman–Crippen MR) is 72.3 cm³/mol. The van der Waals surface area contributed by atoms with Crippen molar-refractivity contribution in [2.75, 3.05) is 0 Å². The number of aryl methyl sites for hydroxylation is 2. The van der Waals surface area contributed by atoms with Crippen molar-refractivity contribution in [2.24, 2.45) is 5.41 Å². The van der Waals surface area contributed by atoms with Crippen LogP contribution in [0, 0.1) is 5.41 Å². The van der Waals surface area contributed by atoms with E-state index in [2.05, 4.69) is 37.8 Å². The highest BCUT2D eigenvalue weighted by atomic mass is 35.5. The smallest absolute Gasteiger partial charge is 0.138 e. The second-order valence-electron chi connectivity index (χ2n) is 5.63. The molecule has 1 unspecified atom stereocenters. The van der Waals surface area contributed by atoms with Crippen molar-refractivity contribution in [3.63, 3.8) is 0 Å². The van der Waals surface area contributed by atoms with Gasteiger partial charge >= 0.3 is 0 Å². The zero-order valence-corrected chi connectivity index (χ0v) is 12.2. The highest BCUT2D eigenvalue weighted by Gasteiger charge is 2.21. The molecule has 0 spiro atoms. The monoisotopic (exact) mass is 257 g/mol. The number of halogens is 1. The van der Waals surface area contributed by atoms with Crippen LogP contribution in [0.2, 0.25) is 0 Å². The Morgan fingerprint density at radius 3 is 2.71 bits per heavy atom. The summed E-state index contributed by atoms with van der Waals surface area (Å²) in [6.45, 7) is 9.66. The van der Waals surface area contributed by atoms with E-state index in [1.807, 2.05) is 4.68 Å². The molecule has 0 aliphatic carbocycles. The molecule has 17 heavy (non-hydrogen) atoms. The van der Waals surface area contributed by atoms with Crippen molar-refractivity contribution in [2.45, 2.75) is 65.3 Å². The number of nitrogens with zero attached hydrogens (tertiary/aromatic N) is 3. The Balaban J connectivity index is 2.38. The van der Waals surface area contributed by atoms with Gasteiger partial charge in [-0.25, -0.2) is 4.98 Å². The Hall–Kier alpha value is -0.570. The molecular formula is C13H24ClN3.